The maximum atomic E-state index is 11.4. The highest BCUT2D eigenvalue weighted by Gasteiger charge is 2.25. The van der Waals surface area contributed by atoms with Gasteiger partial charge in [0.2, 0.25) is 12.7 Å². The molecule has 2 aliphatic heterocycles. The normalized spacial score (nSPS) is 16.9. The van der Waals surface area contributed by atoms with Gasteiger partial charge in [0.05, 0.1) is 0 Å². The predicted octanol–water partition coefficient (Wildman–Crippen LogP) is 1.97. The highest BCUT2D eigenvalue weighted by Crippen LogP contribution is 2.46. The number of aryl methyl sites for hydroxylation is 1. The molecular formula is C18H17N7O3S2. The average molecular weight is 444 g/mol. The van der Waals surface area contributed by atoms with E-state index < -0.39 is 5.91 Å². The Morgan fingerprint density at radius 1 is 1.33 bits per heavy atom. The summed E-state index contributed by atoms with van der Waals surface area (Å²) in [4.78, 5) is 25.3. The molecule has 0 radical (unpaired) electrons. The van der Waals surface area contributed by atoms with E-state index in [4.69, 9.17) is 20.9 Å². The Bertz CT molecular complexity index is 1170. The summed E-state index contributed by atoms with van der Waals surface area (Å²) in [7, 11) is 0. The zero-order chi connectivity index (χ0) is 20.7. The Morgan fingerprint density at radius 3 is 2.93 bits per heavy atom. The molecule has 1 amide bonds. The molecule has 1 unspecified atom stereocenters. The molecule has 0 bridgehead atoms. The van der Waals surface area contributed by atoms with Gasteiger partial charge in [0.15, 0.2) is 33.6 Å². The van der Waals surface area contributed by atoms with E-state index in [-0.39, 0.29) is 24.4 Å². The van der Waals surface area contributed by atoms with Crippen LogP contribution in [0.25, 0.3) is 11.2 Å². The molecule has 1 atom stereocenters. The molecule has 30 heavy (non-hydrogen) atoms. The highest BCUT2D eigenvalue weighted by atomic mass is 32.2. The monoisotopic (exact) mass is 443 g/mol. The molecule has 0 saturated carbocycles. The number of imidazole rings is 1. The summed E-state index contributed by atoms with van der Waals surface area (Å²) >= 11 is 3.10. The van der Waals surface area contributed by atoms with E-state index in [9.17, 15) is 4.79 Å². The minimum absolute atomic E-state index is 0.0373. The number of nitrogens with zero attached hydrogens (tertiary/aromatic N) is 4. The first-order chi connectivity index (χ1) is 14.6. The molecule has 154 valence electrons. The van der Waals surface area contributed by atoms with Crippen molar-refractivity contribution >= 4 is 46.4 Å². The SMILES string of the molecule is NC(=O)CCn1c(Sc2cc3c(cc2C2NC=CS2)OCO3)nc2c(N)ncnc21. The second-order valence-corrected chi connectivity index (χ2v) is 8.55. The molecular weight excluding hydrogens is 426 g/mol. The molecule has 12 heteroatoms. The molecule has 4 heterocycles. The van der Waals surface area contributed by atoms with Crippen molar-refractivity contribution in [2.24, 2.45) is 5.73 Å². The number of benzene rings is 1. The van der Waals surface area contributed by atoms with Gasteiger partial charge in [0.25, 0.3) is 0 Å². The standard InChI is InChI=1S/C18H17N7O3S2/c19-13(26)1-3-25-16-14(15(20)22-7-23-16)24-18(25)30-12-6-11-10(27-8-28-11)5-9(12)17-21-2-4-29-17/h2,4-7,17,21H,1,3,8H2,(H2,19,26)(H2,20,22,23). The van der Waals surface area contributed by atoms with Crippen LogP contribution in [0.1, 0.15) is 17.4 Å². The van der Waals surface area contributed by atoms with E-state index in [0.29, 0.717) is 34.4 Å². The summed E-state index contributed by atoms with van der Waals surface area (Å²) < 4.78 is 13.0. The number of nitrogen functional groups attached to an aromatic ring is 1. The summed E-state index contributed by atoms with van der Waals surface area (Å²) in [5.41, 5.74) is 13.5. The van der Waals surface area contributed by atoms with Gasteiger partial charge < -0.3 is 30.8 Å². The maximum absolute atomic E-state index is 11.4. The molecule has 5 N–H and O–H groups in total. The van der Waals surface area contributed by atoms with Gasteiger partial charge in [0, 0.05) is 29.6 Å². The average Bonchev–Trinajstić information content (AvgIpc) is 3.46. The van der Waals surface area contributed by atoms with E-state index in [1.54, 1.807) is 11.8 Å². The van der Waals surface area contributed by atoms with Gasteiger partial charge in [-0.1, -0.05) is 11.8 Å². The van der Waals surface area contributed by atoms with Crippen LogP contribution in [0, 0.1) is 0 Å². The van der Waals surface area contributed by atoms with Crippen molar-refractivity contribution in [2.75, 3.05) is 12.5 Å². The number of anilines is 1. The van der Waals surface area contributed by atoms with Crippen LogP contribution < -0.4 is 26.3 Å². The van der Waals surface area contributed by atoms with Gasteiger partial charge in [-0.05, 0) is 17.5 Å². The number of nitrogens with one attached hydrogen (secondary N) is 1. The van der Waals surface area contributed by atoms with Gasteiger partial charge in [-0.25, -0.2) is 15.0 Å². The highest BCUT2D eigenvalue weighted by molar-refractivity contribution is 8.02. The summed E-state index contributed by atoms with van der Waals surface area (Å²) in [6.45, 7) is 0.526. The molecule has 2 aromatic heterocycles. The second-order valence-electron chi connectivity index (χ2n) is 6.52. The molecule has 0 aliphatic carbocycles. The summed E-state index contributed by atoms with van der Waals surface area (Å²) in [5.74, 6) is 1.26. The first kappa shape index (κ1) is 18.9. The lowest BCUT2D eigenvalue weighted by molar-refractivity contribution is -0.118. The van der Waals surface area contributed by atoms with Gasteiger partial charge in [-0.15, -0.1) is 11.8 Å². The van der Waals surface area contributed by atoms with E-state index in [1.807, 2.05) is 28.3 Å². The van der Waals surface area contributed by atoms with E-state index in [0.717, 1.165) is 10.5 Å². The third-order valence-corrected chi connectivity index (χ3v) is 6.65. The van der Waals surface area contributed by atoms with Crippen molar-refractivity contribution in [3.05, 3.63) is 35.6 Å². The largest absolute Gasteiger partial charge is 0.454 e. The van der Waals surface area contributed by atoms with Crippen molar-refractivity contribution in [1.82, 2.24) is 24.8 Å². The number of aromatic nitrogens is 4. The van der Waals surface area contributed by atoms with Crippen molar-refractivity contribution in [3.8, 4) is 11.5 Å². The number of amides is 1. The second kappa shape index (κ2) is 7.61. The Kier molecular flexibility index (Phi) is 4.79. The van der Waals surface area contributed by atoms with Gasteiger partial charge in [-0.2, -0.15) is 0 Å². The number of ether oxygens (including phenoxy) is 2. The van der Waals surface area contributed by atoms with Crippen molar-refractivity contribution < 1.29 is 14.3 Å². The third-order valence-electron chi connectivity index (χ3n) is 4.63. The zero-order valence-electron chi connectivity index (χ0n) is 15.6. The Hall–Kier alpha value is -3.12. The maximum Gasteiger partial charge on any atom is 0.231 e. The van der Waals surface area contributed by atoms with E-state index in [2.05, 4.69) is 20.3 Å². The molecule has 10 nitrogen and oxygen atoms in total. The minimum atomic E-state index is -0.406. The molecule has 0 spiro atoms. The van der Waals surface area contributed by atoms with E-state index in [1.165, 1.54) is 18.1 Å². The number of carbonyl (C=O) groups is 1. The molecule has 5 rings (SSSR count). The first-order valence-corrected chi connectivity index (χ1v) is 10.8. The van der Waals surface area contributed by atoms with Crippen LogP contribution in [0.4, 0.5) is 5.82 Å². The van der Waals surface area contributed by atoms with Gasteiger partial charge in [0.1, 0.15) is 11.7 Å². The Morgan fingerprint density at radius 2 is 2.17 bits per heavy atom. The van der Waals surface area contributed by atoms with Crippen LogP contribution in [0.15, 0.2) is 40.1 Å². The fraction of sp³-hybridized carbons (Fsp3) is 0.222. The molecule has 1 aromatic carbocycles. The number of primary amides is 1. The lowest BCUT2D eigenvalue weighted by Gasteiger charge is -2.16. The summed E-state index contributed by atoms with van der Waals surface area (Å²) in [6.07, 6.45) is 3.44. The third kappa shape index (κ3) is 3.37. The fourth-order valence-corrected chi connectivity index (χ4v) is 5.18. The number of fused-ring (bicyclic) bond motifs is 2. The number of thioether (sulfide) groups is 1. The number of hydrogen-bond acceptors (Lipinski definition) is 10. The quantitative estimate of drug-likeness (QED) is 0.517. The zero-order valence-corrected chi connectivity index (χ0v) is 17.2. The number of carbonyl (C=O) groups excluding carboxylic acids is 1. The molecule has 2 aliphatic rings. The molecule has 3 aromatic rings. The van der Waals surface area contributed by atoms with Crippen LogP contribution in [0.2, 0.25) is 0 Å². The van der Waals surface area contributed by atoms with Crippen LogP contribution >= 0.6 is 23.5 Å². The van der Waals surface area contributed by atoms with Crippen LogP contribution in [0.5, 0.6) is 11.5 Å². The first-order valence-electron chi connectivity index (χ1n) is 9.03. The van der Waals surface area contributed by atoms with Crippen molar-refractivity contribution in [2.45, 2.75) is 28.4 Å². The van der Waals surface area contributed by atoms with Gasteiger partial charge >= 0.3 is 0 Å². The number of nitrogens with two attached hydrogens (primary N) is 2. The number of rotatable bonds is 6. The predicted molar refractivity (Wildman–Crippen MR) is 113 cm³/mol. The smallest absolute Gasteiger partial charge is 0.231 e. The molecule has 0 saturated heterocycles. The van der Waals surface area contributed by atoms with Crippen LogP contribution in [-0.4, -0.2) is 32.2 Å². The van der Waals surface area contributed by atoms with Crippen LogP contribution in [-0.2, 0) is 11.3 Å². The van der Waals surface area contributed by atoms with Gasteiger partial charge in [-0.3, -0.25) is 4.79 Å². The van der Waals surface area contributed by atoms with Crippen molar-refractivity contribution in [3.63, 3.8) is 0 Å². The Labute approximate surface area is 179 Å². The van der Waals surface area contributed by atoms with Crippen LogP contribution in [0.3, 0.4) is 0 Å². The lowest BCUT2D eigenvalue weighted by atomic mass is 10.2. The number of hydrogen-bond donors (Lipinski definition) is 3. The van der Waals surface area contributed by atoms with E-state index >= 15 is 0 Å². The summed E-state index contributed by atoms with van der Waals surface area (Å²) in [6, 6.07) is 3.92. The topological polar surface area (TPSA) is 143 Å². The Balaban J connectivity index is 1.59. The minimum Gasteiger partial charge on any atom is -0.454 e. The summed E-state index contributed by atoms with van der Waals surface area (Å²) in [5, 5.41) is 6.00. The lowest BCUT2D eigenvalue weighted by Crippen LogP contribution is -2.14. The van der Waals surface area contributed by atoms with Crippen molar-refractivity contribution in [1.29, 1.82) is 0 Å². The fourth-order valence-electron chi connectivity index (χ4n) is 3.21. The molecule has 0 fully saturated rings.